The molecule has 3 unspecified atom stereocenters. The van der Waals surface area contributed by atoms with E-state index in [0.29, 0.717) is 19.4 Å². The van der Waals surface area contributed by atoms with Crippen LogP contribution in [0.2, 0.25) is 0 Å². The molecular weight excluding hydrogens is 256 g/mol. The third kappa shape index (κ3) is 3.14. The van der Waals surface area contributed by atoms with Crippen molar-refractivity contribution in [2.45, 2.75) is 70.6 Å². The molecule has 2 amide bonds. The van der Waals surface area contributed by atoms with Gasteiger partial charge in [-0.3, -0.25) is 9.59 Å². The van der Waals surface area contributed by atoms with Crippen LogP contribution >= 0.6 is 0 Å². The summed E-state index contributed by atoms with van der Waals surface area (Å²) < 4.78 is 5.62. The SMILES string of the molecule is CCC1(C)NC(=O)CC(C)N(CCC2CCCO2)C1=O. The van der Waals surface area contributed by atoms with Gasteiger partial charge in [-0.05, 0) is 39.5 Å². The smallest absolute Gasteiger partial charge is 0.248 e. The predicted molar refractivity (Wildman–Crippen MR) is 76.2 cm³/mol. The molecule has 2 rings (SSSR count). The maximum atomic E-state index is 12.7. The molecule has 3 atom stereocenters. The molecule has 0 aromatic heterocycles. The van der Waals surface area contributed by atoms with Crippen LogP contribution in [0.15, 0.2) is 0 Å². The normalized spacial score (nSPS) is 35.0. The van der Waals surface area contributed by atoms with E-state index in [4.69, 9.17) is 4.74 Å². The number of carbonyl (C=O) groups excluding carboxylic acids is 2. The average molecular weight is 282 g/mol. The highest BCUT2D eigenvalue weighted by molar-refractivity contribution is 5.93. The number of hydrogen-bond donors (Lipinski definition) is 1. The largest absolute Gasteiger partial charge is 0.378 e. The first-order valence-electron chi connectivity index (χ1n) is 7.70. The zero-order chi connectivity index (χ0) is 14.8. The maximum Gasteiger partial charge on any atom is 0.248 e. The molecule has 5 heteroatoms. The molecule has 2 fully saturated rings. The Morgan fingerprint density at radius 3 is 2.80 bits per heavy atom. The third-order valence-corrected chi connectivity index (χ3v) is 4.58. The lowest BCUT2D eigenvalue weighted by Crippen LogP contribution is -2.55. The Morgan fingerprint density at radius 1 is 1.45 bits per heavy atom. The van der Waals surface area contributed by atoms with E-state index in [1.807, 2.05) is 25.7 Å². The molecule has 1 N–H and O–H groups in total. The summed E-state index contributed by atoms with van der Waals surface area (Å²) in [4.78, 5) is 26.5. The summed E-state index contributed by atoms with van der Waals surface area (Å²) in [6.07, 6.45) is 4.33. The maximum absolute atomic E-state index is 12.7. The number of rotatable bonds is 4. The molecule has 0 aromatic carbocycles. The van der Waals surface area contributed by atoms with Crippen molar-refractivity contribution >= 4 is 11.8 Å². The summed E-state index contributed by atoms with van der Waals surface area (Å²) in [5, 5.41) is 2.88. The van der Waals surface area contributed by atoms with Gasteiger partial charge in [-0.1, -0.05) is 6.92 Å². The summed E-state index contributed by atoms with van der Waals surface area (Å²) >= 11 is 0. The highest BCUT2D eigenvalue weighted by Gasteiger charge is 2.41. The molecule has 0 radical (unpaired) electrons. The van der Waals surface area contributed by atoms with Crippen LogP contribution in [0.1, 0.15) is 52.9 Å². The first-order chi connectivity index (χ1) is 9.46. The highest BCUT2D eigenvalue weighted by Crippen LogP contribution is 2.23. The van der Waals surface area contributed by atoms with Crippen LogP contribution < -0.4 is 5.32 Å². The van der Waals surface area contributed by atoms with Crippen molar-refractivity contribution in [1.29, 1.82) is 0 Å². The number of hydrogen-bond acceptors (Lipinski definition) is 3. The zero-order valence-corrected chi connectivity index (χ0v) is 12.8. The second-order valence-corrected chi connectivity index (χ2v) is 6.21. The van der Waals surface area contributed by atoms with Gasteiger partial charge >= 0.3 is 0 Å². The molecule has 5 nitrogen and oxygen atoms in total. The van der Waals surface area contributed by atoms with Gasteiger partial charge < -0.3 is 15.0 Å². The van der Waals surface area contributed by atoms with Gasteiger partial charge in [-0.15, -0.1) is 0 Å². The van der Waals surface area contributed by atoms with E-state index in [2.05, 4.69) is 5.32 Å². The lowest BCUT2D eigenvalue weighted by molar-refractivity contribution is -0.139. The fourth-order valence-electron chi connectivity index (χ4n) is 3.02. The van der Waals surface area contributed by atoms with Crippen LogP contribution in [-0.2, 0) is 14.3 Å². The fraction of sp³-hybridized carbons (Fsp3) is 0.867. The monoisotopic (exact) mass is 282 g/mol. The van der Waals surface area contributed by atoms with Crippen LogP contribution in [-0.4, -0.2) is 47.6 Å². The summed E-state index contributed by atoms with van der Waals surface area (Å²) in [6.45, 7) is 7.22. The van der Waals surface area contributed by atoms with E-state index >= 15 is 0 Å². The molecule has 0 spiro atoms. The lowest BCUT2D eigenvalue weighted by atomic mass is 9.97. The van der Waals surface area contributed by atoms with Gasteiger partial charge in [0.25, 0.3) is 0 Å². The molecular formula is C15H26N2O3. The van der Waals surface area contributed by atoms with Crippen molar-refractivity contribution in [2.24, 2.45) is 0 Å². The minimum Gasteiger partial charge on any atom is -0.378 e. The molecule has 0 saturated carbocycles. The van der Waals surface area contributed by atoms with Gasteiger partial charge in [0.2, 0.25) is 11.8 Å². The van der Waals surface area contributed by atoms with Crippen LogP contribution in [0, 0.1) is 0 Å². The van der Waals surface area contributed by atoms with E-state index in [0.717, 1.165) is 25.9 Å². The standard InChI is InChI=1S/C15H26N2O3/c1-4-15(3)14(19)17(11(2)10-13(18)16-15)8-7-12-6-5-9-20-12/h11-12H,4-10H2,1-3H3,(H,16,18). The minimum absolute atomic E-state index is 0.0326. The Labute approximate surface area is 121 Å². The van der Waals surface area contributed by atoms with E-state index in [1.165, 1.54) is 0 Å². The van der Waals surface area contributed by atoms with E-state index < -0.39 is 5.54 Å². The summed E-state index contributed by atoms with van der Waals surface area (Å²) in [5.41, 5.74) is -0.765. The molecule has 2 aliphatic heterocycles. The topological polar surface area (TPSA) is 58.6 Å². The lowest BCUT2D eigenvalue weighted by Gasteiger charge is -2.34. The molecule has 114 valence electrons. The molecule has 0 aliphatic carbocycles. The van der Waals surface area contributed by atoms with Gasteiger partial charge in [-0.25, -0.2) is 0 Å². The summed E-state index contributed by atoms with van der Waals surface area (Å²) in [5.74, 6) is 0.00571. The Morgan fingerprint density at radius 2 is 2.20 bits per heavy atom. The van der Waals surface area contributed by atoms with Crippen molar-refractivity contribution in [3.8, 4) is 0 Å². The third-order valence-electron chi connectivity index (χ3n) is 4.58. The number of nitrogens with one attached hydrogen (secondary N) is 1. The first kappa shape index (κ1) is 15.3. The first-order valence-corrected chi connectivity index (χ1v) is 7.70. The van der Waals surface area contributed by atoms with Crippen molar-refractivity contribution in [1.82, 2.24) is 10.2 Å². The minimum atomic E-state index is -0.765. The molecule has 0 bridgehead atoms. The highest BCUT2D eigenvalue weighted by atomic mass is 16.5. The van der Waals surface area contributed by atoms with Crippen molar-refractivity contribution in [3.05, 3.63) is 0 Å². The second kappa shape index (κ2) is 6.12. The van der Waals surface area contributed by atoms with Gasteiger partial charge in [0.1, 0.15) is 5.54 Å². The number of nitrogens with zero attached hydrogens (tertiary/aromatic N) is 1. The molecule has 0 aromatic rings. The summed E-state index contributed by atoms with van der Waals surface area (Å²) in [7, 11) is 0. The van der Waals surface area contributed by atoms with Crippen molar-refractivity contribution < 1.29 is 14.3 Å². The van der Waals surface area contributed by atoms with Crippen LogP contribution in [0.5, 0.6) is 0 Å². The number of amides is 2. The molecule has 2 heterocycles. The van der Waals surface area contributed by atoms with Crippen molar-refractivity contribution in [2.75, 3.05) is 13.2 Å². The van der Waals surface area contributed by atoms with Crippen molar-refractivity contribution in [3.63, 3.8) is 0 Å². The Bertz CT molecular complexity index is 379. The molecule has 20 heavy (non-hydrogen) atoms. The Kier molecular flexibility index (Phi) is 4.68. The zero-order valence-electron chi connectivity index (χ0n) is 12.8. The number of carbonyl (C=O) groups is 2. The van der Waals surface area contributed by atoms with Gasteiger partial charge in [0, 0.05) is 25.6 Å². The quantitative estimate of drug-likeness (QED) is 0.849. The fourth-order valence-corrected chi connectivity index (χ4v) is 3.02. The summed E-state index contributed by atoms with van der Waals surface area (Å²) in [6, 6.07) is -0.0442. The van der Waals surface area contributed by atoms with Crippen LogP contribution in [0.4, 0.5) is 0 Å². The number of ether oxygens (including phenoxy) is 1. The van der Waals surface area contributed by atoms with Crippen LogP contribution in [0.25, 0.3) is 0 Å². The van der Waals surface area contributed by atoms with Gasteiger partial charge in [0.15, 0.2) is 0 Å². The molecule has 2 saturated heterocycles. The average Bonchev–Trinajstić information content (AvgIpc) is 2.88. The van der Waals surface area contributed by atoms with E-state index in [-0.39, 0.29) is 24.0 Å². The Balaban J connectivity index is 2.06. The molecule has 2 aliphatic rings. The van der Waals surface area contributed by atoms with E-state index in [1.54, 1.807) is 0 Å². The Hall–Kier alpha value is -1.10. The van der Waals surface area contributed by atoms with Gasteiger partial charge in [0.05, 0.1) is 6.10 Å². The van der Waals surface area contributed by atoms with E-state index in [9.17, 15) is 9.59 Å². The van der Waals surface area contributed by atoms with Gasteiger partial charge in [-0.2, -0.15) is 0 Å². The second-order valence-electron chi connectivity index (χ2n) is 6.21. The van der Waals surface area contributed by atoms with Crippen LogP contribution in [0.3, 0.4) is 0 Å². The predicted octanol–water partition coefficient (Wildman–Crippen LogP) is 1.46.